The maximum Gasteiger partial charge on any atom is 0.296 e. The van der Waals surface area contributed by atoms with Crippen molar-refractivity contribution < 1.29 is 19.4 Å². The number of carbonyl (C=O) groups excluding carboxylic acids is 2. The van der Waals surface area contributed by atoms with Crippen LogP contribution in [0.4, 0.5) is 5.13 Å². The minimum absolute atomic E-state index is 0.0174. The summed E-state index contributed by atoms with van der Waals surface area (Å²) in [5, 5.41) is 23.5. The molecular formula is C38H32N4O4S3. The second-order valence-electron chi connectivity index (χ2n) is 11.5. The number of aliphatic hydroxyl groups excluding tert-OH is 1. The van der Waals surface area contributed by atoms with Crippen LogP contribution in [0.5, 0.6) is 5.75 Å². The van der Waals surface area contributed by atoms with E-state index < -0.39 is 23.5 Å². The Balaban J connectivity index is 1.22. The number of fused-ring (bicyclic) bond motifs is 1. The van der Waals surface area contributed by atoms with Crippen molar-refractivity contribution in [2.24, 2.45) is 0 Å². The van der Waals surface area contributed by atoms with E-state index in [-0.39, 0.29) is 5.57 Å². The van der Waals surface area contributed by atoms with Gasteiger partial charge in [0.1, 0.15) is 10.8 Å². The minimum Gasteiger partial charge on any atom is -0.503 e. The molecule has 0 saturated heterocycles. The normalized spacial score (nSPS) is 14.6. The molecule has 4 aromatic carbocycles. The lowest BCUT2D eigenvalue weighted by molar-refractivity contribution is -0.117. The van der Waals surface area contributed by atoms with Gasteiger partial charge in [0.15, 0.2) is 10.1 Å². The zero-order chi connectivity index (χ0) is 33.9. The molecule has 8 nitrogen and oxygen atoms in total. The summed E-state index contributed by atoms with van der Waals surface area (Å²) >= 11 is 4.02. The average molecular weight is 705 g/mol. The number of aryl methyl sites for hydroxylation is 1. The molecule has 49 heavy (non-hydrogen) atoms. The van der Waals surface area contributed by atoms with Crippen LogP contribution in [0.15, 0.2) is 113 Å². The van der Waals surface area contributed by atoms with Gasteiger partial charge in [0.05, 0.1) is 28.8 Å². The van der Waals surface area contributed by atoms with Gasteiger partial charge in [0.25, 0.3) is 5.91 Å². The zero-order valence-electron chi connectivity index (χ0n) is 26.8. The Morgan fingerprint density at radius 2 is 1.69 bits per heavy atom. The number of aromatic nitrogens is 3. The van der Waals surface area contributed by atoms with Crippen molar-refractivity contribution in [1.82, 2.24) is 15.2 Å². The van der Waals surface area contributed by atoms with Crippen molar-refractivity contribution in [2.45, 2.75) is 42.8 Å². The number of benzene rings is 4. The van der Waals surface area contributed by atoms with Crippen LogP contribution in [0.25, 0.3) is 21.3 Å². The lowest BCUT2D eigenvalue weighted by atomic mass is 9.95. The Morgan fingerprint density at radius 1 is 0.939 bits per heavy atom. The first-order valence-electron chi connectivity index (χ1n) is 15.9. The van der Waals surface area contributed by atoms with Crippen molar-refractivity contribution in [3.63, 3.8) is 0 Å². The average Bonchev–Trinajstić information content (AvgIpc) is 3.83. The smallest absolute Gasteiger partial charge is 0.296 e. The number of thiazole rings is 1. The minimum atomic E-state index is -0.935. The van der Waals surface area contributed by atoms with E-state index in [1.807, 2.05) is 72.8 Å². The number of rotatable bonds is 12. The number of amides is 1. The molecule has 246 valence electrons. The second-order valence-corrected chi connectivity index (χ2v) is 14.7. The molecule has 0 fully saturated rings. The number of thioether (sulfide) groups is 1. The topological polar surface area (TPSA) is 106 Å². The number of unbranched alkanes of at least 4 members (excludes halogenated alkanes) is 1. The molecule has 1 aliphatic heterocycles. The molecule has 1 N–H and O–H groups in total. The molecule has 0 aliphatic carbocycles. The molecule has 1 amide bonds. The van der Waals surface area contributed by atoms with E-state index in [1.165, 1.54) is 50.3 Å². The van der Waals surface area contributed by atoms with Gasteiger partial charge in [0, 0.05) is 11.3 Å². The van der Waals surface area contributed by atoms with Crippen LogP contribution in [0, 0.1) is 6.92 Å². The number of nitrogens with zero attached hydrogens (tertiary/aromatic N) is 4. The number of ketones is 1. The van der Waals surface area contributed by atoms with Crippen LogP contribution in [-0.4, -0.2) is 38.6 Å². The molecule has 3 heterocycles. The van der Waals surface area contributed by atoms with Crippen LogP contribution in [-0.2, 0) is 10.5 Å². The molecule has 0 unspecified atom stereocenters. The number of aliphatic hydroxyl groups is 1. The van der Waals surface area contributed by atoms with Crippen LogP contribution in [0.1, 0.15) is 52.3 Å². The monoisotopic (exact) mass is 704 g/mol. The Labute approximate surface area is 296 Å². The van der Waals surface area contributed by atoms with Crippen molar-refractivity contribution >= 4 is 62.0 Å². The van der Waals surface area contributed by atoms with Gasteiger partial charge < -0.3 is 9.84 Å². The Morgan fingerprint density at radius 3 is 2.49 bits per heavy atom. The van der Waals surface area contributed by atoms with E-state index in [0.29, 0.717) is 48.7 Å². The molecule has 1 atom stereocenters. The zero-order valence-corrected chi connectivity index (χ0v) is 29.3. The molecule has 1 aliphatic rings. The third-order valence-electron chi connectivity index (χ3n) is 8.27. The van der Waals surface area contributed by atoms with Crippen LogP contribution < -0.4 is 9.64 Å². The van der Waals surface area contributed by atoms with Crippen molar-refractivity contribution in [2.75, 3.05) is 11.5 Å². The van der Waals surface area contributed by atoms with E-state index in [0.717, 1.165) is 23.8 Å². The quantitative estimate of drug-likeness (QED) is 0.0582. The first-order valence-corrected chi connectivity index (χ1v) is 18.5. The molecule has 0 bridgehead atoms. The standard InChI is InChI=1S/C38H32N4O4S3/c1-3-4-21-46-28-19-17-25(18-20-28)31-30(32(43)34-23(2)39-35(48-34)26-12-6-5-7-13-26)33(44)36(45)42(31)37-40-41-38(49-37)47-22-27-15-10-14-24-11-8-9-16-29(24)27/h5-20,31,44H,3-4,21-22H2,1-2H3/t31-/m0/s1. The fraction of sp³-hybridized carbons (Fsp3) is 0.184. The summed E-state index contributed by atoms with van der Waals surface area (Å²) in [6.07, 6.45) is 1.94. The second kappa shape index (κ2) is 14.3. The van der Waals surface area contributed by atoms with E-state index >= 15 is 0 Å². The number of ether oxygens (including phenoxy) is 1. The summed E-state index contributed by atoms with van der Waals surface area (Å²) < 4.78 is 6.54. The molecular weight excluding hydrogens is 673 g/mol. The molecule has 0 saturated carbocycles. The molecule has 2 aromatic heterocycles. The Hall–Kier alpha value is -4.84. The Kier molecular flexibility index (Phi) is 9.56. The highest BCUT2D eigenvalue weighted by molar-refractivity contribution is 8.00. The number of carbonyl (C=O) groups is 2. The van der Waals surface area contributed by atoms with Gasteiger partial charge in [-0.05, 0) is 47.4 Å². The number of Topliss-reactive ketones (excluding diaryl/α,β-unsaturated/α-hetero) is 1. The highest BCUT2D eigenvalue weighted by Crippen LogP contribution is 2.45. The largest absolute Gasteiger partial charge is 0.503 e. The van der Waals surface area contributed by atoms with Gasteiger partial charge >= 0.3 is 0 Å². The van der Waals surface area contributed by atoms with Crippen LogP contribution in [0.3, 0.4) is 0 Å². The summed E-state index contributed by atoms with van der Waals surface area (Å²) in [6.45, 7) is 4.46. The first-order chi connectivity index (χ1) is 23.9. The number of anilines is 1. The van der Waals surface area contributed by atoms with Gasteiger partial charge in [-0.25, -0.2) is 4.98 Å². The molecule has 6 aromatic rings. The predicted octanol–water partition coefficient (Wildman–Crippen LogP) is 9.38. The van der Waals surface area contributed by atoms with Gasteiger partial charge in [-0.2, -0.15) is 0 Å². The fourth-order valence-electron chi connectivity index (χ4n) is 5.78. The van der Waals surface area contributed by atoms with Gasteiger partial charge in [-0.1, -0.05) is 121 Å². The van der Waals surface area contributed by atoms with E-state index in [9.17, 15) is 14.7 Å². The molecule has 0 radical (unpaired) electrons. The van der Waals surface area contributed by atoms with Crippen LogP contribution >= 0.6 is 34.4 Å². The Bertz CT molecular complexity index is 2170. The lowest BCUT2D eigenvalue weighted by Crippen LogP contribution is -2.31. The third-order valence-corrected chi connectivity index (χ3v) is 11.6. The lowest BCUT2D eigenvalue weighted by Gasteiger charge is -2.24. The fourth-order valence-corrected chi connectivity index (χ4v) is 8.68. The highest BCUT2D eigenvalue weighted by Gasteiger charge is 2.46. The maximum atomic E-state index is 14.4. The van der Waals surface area contributed by atoms with Gasteiger partial charge in [0.2, 0.25) is 10.9 Å². The first kappa shape index (κ1) is 32.7. The van der Waals surface area contributed by atoms with Crippen molar-refractivity contribution in [3.05, 3.63) is 130 Å². The summed E-state index contributed by atoms with van der Waals surface area (Å²) in [4.78, 5) is 34.6. The highest BCUT2D eigenvalue weighted by atomic mass is 32.2. The van der Waals surface area contributed by atoms with E-state index in [1.54, 1.807) is 6.92 Å². The maximum absolute atomic E-state index is 14.4. The van der Waals surface area contributed by atoms with E-state index in [4.69, 9.17) is 4.74 Å². The predicted molar refractivity (Wildman–Crippen MR) is 197 cm³/mol. The van der Waals surface area contributed by atoms with E-state index in [2.05, 4.69) is 46.4 Å². The SMILES string of the molecule is CCCCOc1ccc([C@H]2C(C(=O)c3sc(-c4ccccc4)nc3C)=C(O)C(=O)N2c2nnc(SCc3cccc4ccccc34)s2)cc1. The molecule has 7 rings (SSSR count). The van der Waals surface area contributed by atoms with Gasteiger partial charge in [-0.15, -0.1) is 21.5 Å². The summed E-state index contributed by atoms with van der Waals surface area (Å²) in [5.74, 6) is -0.415. The number of hydrogen-bond acceptors (Lipinski definition) is 10. The summed E-state index contributed by atoms with van der Waals surface area (Å²) in [6, 6.07) is 30.4. The molecule has 11 heteroatoms. The summed E-state index contributed by atoms with van der Waals surface area (Å²) in [7, 11) is 0. The molecule has 0 spiro atoms. The number of hydrogen-bond donors (Lipinski definition) is 1. The van der Waals surface area contributed by atoms with Gasteiger partial charge in [-0.3, -0.25) is 14.5 Å². The summed E-state index contributed by atoms with van der Waals surface area (Å²) in [5.41, 5.74) is 3.19. The van der Waals surface area contributed by atoms with Crippen molar-refractivity contribution in [1.29, 1.82) is 0 Å². The van der Waals surface area contributed by atoms with Crippen molar-refractivity contribution in [3.8, 4) is 16.3 Å². The third kappa shape index (κ3) is 6.61. The van der Waals surface area contributed by atoms with Crippen LogP contribution in [0.2, 0.25) is 0 Å².